The van der Waals surface area contributed by atoms with E-state index in [1.54, 1.807) is 18.1 Å². The summed E-state index contributed by atoms with van der Waals surface area (Å²) in [5, 5.41) is 12.2. The van der Waals surface area contributed by atoms with E-state index in [9.17, 15) is 4.79 Å². The van der Waals surface area contributed by atoms with Gasteiger partial charge >= 0.3 is 6.09 Å². The van der Waals surface area contributed by atoms with Crippen molar-refractivity contribution in [2.75, 3.05) is 20.1 Å². The number of hydrogen-bond acceptors (Lipinski definition) is 6. The van der Waals surface area contributed by atoms with E-state index < -0.39 is 11.6 Å². The predicted molar refractivity (Wildman–Crippen MR) is 89.7 cm³/mol. The molecule has 1 aliphatic heterocycles. The van der Waals surface area contributed by atoms with Gasteiger partial charge in [-0.1, -0.05) is 11.2 Å². The van der Waals surface area contributed by atoms with Gasteiger partial charge in [-0.2, -0.15) is 0 Å². The van der Waals surface area contributed by atoms with Crippen molar-refractivity contribution >= 4 is 11.9 Å². The van der Waals surface area contributed by atoms with Crippen LogP contribution in [0.2, 0.25) is 0 Å². The number of likely N-dealkylation sites (N-methyl/N-ethyl adjacent to an activating group) is 1. The second-order valence-electron chi connectivity index (χ2n) is 6.88. The van der Waals surface area contributed by atoms with E-state index in [4.69, 9.17) is 15.7 Å². The minimum atomic E-state index is -0.529. The lowest BCUT2D eigenvalue weighted by molar-refractivity contribution is -0.00926. The van der Waals surface area contributed by atoms with E-state index in [-0.39, 0.29) is 18.0 Å². The third-order valence-corrected chi connectivity index (χ3v) is 3.85. The molecule has 1 atom stereocenters. The standard InChI is InChI=1S/C16H25N5O3/c1-16(2,3)24-15(22)20(4)11-9-21(10-11)13(14(17)19-23)12-7-5-6-8-18-12/h5-8,11,13,23H,9-10H2,1-4H3,(H2,17,19)/t13-/m1/s1. The van der Waals surface area contributed by atoms with Gasteiger partial charge in [-0.25, -0.2) is 4.79 Å². The molecule has 1 amide bonds. The van der Waals surface area contributed by atoms with Crippen LogP contribution in [0.15, 0.2) is 29.6 Å². The predicted octanol–water partition coefficient (Wildman–Crippen LogP) is 1.42. The SMILES string of the molecule is CN(C(=O)OC(C)(C)C)C1CN([C@@H](C(N)=NO)c2ccccn2)C1. The summed E-state index contributed by atoms with van der Waals surface area (Å²) in [5.74, 6) is 0.0760. The zero-order chi connectivity index (χ0) is 17.9. The Morgan fingerprint density at radius 1 is 1.50 bits per heavy atom. The Hall–Kier alpha value is -2.35. The Kier molecular flexibility index (Phi) is 5.28. The highest BCUT2D eigenvalue weighted by atomic mass is 16.6. The Morgan fingerprint density at radius 2 is 2.17 bits per heavy atom. The maximum absolute atomic E-state index is 12.1. The lowest BCUT2D eigenvalue weighted by Gasteiger charge is -2.46. The van der Waals surface area contributed by atoms with Gasteiger partial charge in [-0.05, 0) is 32.9 Å². The molecule has 0 aliphatic carbocycles. The van der Waals surface area contributed by atoms with Crippen LogP contribution in [0, 0.1) is 0 Å². The van der Waals surface area contributed by atoms with Gasteiger partial charge in [0.05, 0.1) is 11.7 Å². The molecule has 0 spiro atoms. The number of pyridine rings is 1. The summed E-state index contributed by atoms with van der Waals surface area (Å²) in [5.41, 5.74) is 6.01. The number of oxime groups is 1. The lowest BCUT2D eigenvalue weighted by atomic mass is 10.0. The molecule has 1 aromatic rings. The number of amidine groups is 1. The largest absolute Gasteiger partial charge is 0.444 e. The fraction of sp³-hybridized carbons (Fsp3) is 0.562. The first-order chi connectivity index (χ1) is 11.2. The van der Waals surface area contributed by atoms with Crippen LogP contribution < -0.4 is 5.73 Å². The number of ether oxygens (including phenoxy) is 1. The number of carbonyl (C=O) groups is 1. The first-order valence-corrected chi connectivity index (χ1v) is 7.81. The molecular formula is C16H25N5O3. The molecule has 24 heavy (non-hydrogen) atoms. The summed E-state index contributed by atoms with van der Waals surface area (Å²) in [6.45, 7) is 6.68. The van der Waals surface area contributed by atoms with E-state index in [0.29, 0.717) is 18.8 Å². The minimum absolute atomic E-state index is 0.0116. The molecule has 132 valence electrons. The summed E-state index contributed by atoms with van der Waals surface area (Å²) in [7, 11) is 1.72. The normalized spacial score (nSPS) is 17.9. The third-order valence-electron chi connectivity index (χ3n) is 3.85. The van der Waals surface area contributed by atoms with Gasteiger partial charge in [0, 0.05) is 26.3 Å². The van der Waals surface area contributed by atoms with Crippen molar-refractivity contribution in [2.45, 2.75) is 38.5 Å². The zero-order valence-electron chi connectivity index (χ0n) is 14.5. The highest BCUT2D eigenvalue weighted by molar-refractivity contribution is 5.86. The number of nitrogens with zero attached hydrogens (tertiary/aromatic N) is 4. The highest BCUT2D eigenvalue weighted by Crippen LogP contribution is 2.27. The Morgan fingerprint density at radius 3 is 2.67 bits per heavy atom. The number of hydrogen-bond donors (Lipinski definition) is 2. The summed E-state index contributed by atoms with van der Waals surface area (Å²) in [6, 6.07) is 5.08. The van der Waals surface area contributed by atoms with Gasteiger partial charge < -0.3 is 20.6 Å². The smallest absolute Gasteiger partial charge is 0.410 e. The first-order valence-electron chi connectivity index (χ1n) is 7.81. The third kappa shape index (κ3) is 4.14. The van der Waals surface area contributed by atoms with Gasteiger partial charge in [0.25, 0.3) is 0 Å². The van der Waals surface area contributed by atoms with Crippen molar-refractivity contribution in [1.29, 1.82) is 0 Å². The maximum atomic E-state index is 12.1. The second-order valence-corrected chi connectivity index (χ2v) is 6.88. The molecule has 1 saturated heterocycles. The molecule has 0 unspecified atom stereocenters. The van der Waals surface area contributed by atoms with E-state index >= 15 is 0 Å². The van der Waals surface area contributed by atoms with Gasteiger partial charge in [-0.3, -0.25) is 9.88 Å². The van der Waals surface area contributed by atoms with Gasteiger partial charge in [0.2, 0.25) is 0 Å². The first kappa shape index (κ1) is 18.0. The topological polar surface area (TPSA) is 104 Å². The molecule has 1 aliphatic rings. The van der Waals surface area contributed by atoms with Crippen molar-refractivity contribution in [3.63, 3.8) is 0 Å². The Labute approximate surface area is 141 Å². The van der Waals surface area contributed by atoms with E-state index in [2.05, 4.69) is 10.1 Å². The van der Waals surface area contributed by atoms with Crippen molar-refractivity contribution in [3.05, 3.63) is 30.1 Å². The van der Waals surface area contributed by atoms with Crippen LogP contribution in [0.4, 0.5) is 4.79 Å². The number of carbonyl (C=O) groups excluding carboxylic acids is 1. The fourth-order valence-corrected chi connectivity index (χ4v) is 2.54. The molecule has 0 saturated carbocycles. The number of amides is 1. The summed E-state index contributed by atoms with van der Waals surface area (Å²) < 4.78 is 5.37. The minimum Gasteiger partial charge on any atom is -0.444 e. The molecule has 3 N–H and O–H groups in total. The van der Waals surface area contributed by atoms with E-state index in [1.807, 2.05) is 43.9 Å². The van der Waals surface area contributed by atoms with Gasteiger partial charge in [-0.15, -0.1) is 0 Å². The van der Waals surface area contributed by atoms with Crippen molar-refractivity contribution < 1.29 is 14.7 Å². The quantitative estimate of drug-likeness (QED) is 0.373. The average molecular weight is 335 g/mol. The average Bonchev–Trinajstić information content (AvgIpc) is 2.48. The lowest BCUT2D eigenvalue weighted by Crippen LogP contribution is -2.62. The van der Waals surface area contributed by atoms with Gasteiger partial charge in [0.15, 0.2) is 5.84 Å². The Balaban J connectivity index is 2.02. The number of rotatable bonds is 4. The van der Waals surface area contributed by atoms with E-state index in [0.717, 1.165) is 0 Å². The molecule has 8 nitrogen and oxygen atoms in total. The molecular weight excluding hydrogens is 310 g/mol. The maximum Gasteiger partial charge on any atom is 0.410 e. The summed E-state index contributed by atoms with van der Waals surface area (Å²) in [4.78, 5) is 20.0. The number of nitrogens with two attached hydrogens (primary N) is 1. The van der Waals surface area contributed by atoms with Crippen molar-refractivity contribution in [3.8, 4) is 0 Å². The van der Waals surface area contributed by atoms with Crippen LogP contribution in [0.1, 0.15) is 32.5 Å². The van der Waals surface area contributed by atoms with Crippen LogP contribution in [0.3, 0.4) is 0 Å². The molecule has 0 radical (unpaired) electrons. The monoisotopic (exact) mass is 335 g/mol. The molecule has 8 heteroatoms. The van der Waals surface area contributed by atoms with Gasteiger partial charge in [0.1, 0.15) is 11.6 Å². The molecule has 0 aromatic carbocycles. The molecule has 2 heterocycles. The van der Waals surface area contributed by atoms with Crippen molar-refractivity contribution in [2.24, 2.45) is 10.9 Å². The molecule has 0 bridgehead atoms. The Bertz CT molecular complexity index is 593. The van der Waals surface area contributed by atoms with Crippen LogP contribution in [0.5, 0.6) is 0 Å². The van der Waals surface area contributed by atoms with Crippen LogP contribution >= 0.6 is 0 Å². The number of likely N-dealkylation sites (tertiary alicyclic amines) is 1. The second kappa shape index (κ2) is 7.04. The van der Waals surface area contributed by atoms with Crippen molar-refractivity contribution in [1.82, 2.24) is 14.8 Å². The molecule has 2 rings (SSSR count). The van der Waals surface area contributed by atoms with Crippen LogP contribution in [-0.2, 0) is 4.74 Å². The van der Waals surface area contributed by atoms with Crippen LogP contribution in [0.25, 0.3) is 0 Å². The van der Waals surface area contributed by atoms with Crippen LogP contribution in [-0.4, -0.2) is 63.7 Å². The molecule has 1 fully saturated rings. The molecule has 1 aromatic heterocycles. The summed E-state index contributed by atoms with van der Waals surface area (Å²) in [6.07, 6.45) is 1.31. The fourth-order valence-electron chi connectivity index (χ4n) is 2.54. The summed E-state index contributed by atoms with van der Waals surface area (Å²) >= 11 is 0. The number of aromatic nitrogens is 1. The van der Waals surface area contributed by atoms with E-state index in [1.165, 1.54) is 0 Å². The highest BCUT2D eigenvalue weighted by Gasteiger charge is 2.40. The zero-order valence-corrected chi connectivity index (χ0v) is 14.5.